The van der Waals surface area contributed by atoms with E-state index >= 15 is 0 Å². The van der Waals surface area contributed by atoms with Gasteiger partial charge in [-0.05, 0) is 24.3 Å². The highest BCUT2D eigenvalue weighted by molar-refractivity contribution is 6.35. The Kier molecular flexibility index (Phi) is 4.00. The van der Waals surface area contributed by atoms with Gasteiger partial charge >= 0.3 is 0 Å². The first-order valence-corrected chi connectivity index (χ1v) is 8.23. The summed E-state index contributed by atoms with van der Waals surface area (Å²) in [5.74, 6) is -0.206. The summed E-state index contributed by atoms with van der Waals surface area (Å²) in [4.78, 5) is 12.6. The molecule has 3 nitrogen and oxygen atoms in total. The average Bonchev–Trinajstić information content (AvgIpc) is 3.08. The van der Waals surface area contributed by atoms with Crippen LogP contribution >= 0.6 is 11.6 Å². The highest BCUT2D eigenvalue weighted by atomic mass is 35.5. The van der Waals surface area contributed by atoms with Gasteiger partial charge in [-0.15, -0.1) is 0 Å². The molecule has 0 saturated carbocycles. The van der Waals surface area contributed by atoms with Crippen molar-refractivity contribution in [2.45, 2.75) is 0 Å². The van der Waals surface area contributed by atoms with Crippen LogP contribution in [-0.2, 0) is 0 Å². The molecule has 1 aromatic heterocycles. The molecular formula is C21H14ClNO2. The SMILES string of the molecule is O=C(Nc1c(Cl)cccc1-c1coc2ccccc12)c1ccccc1. The van der Waals surface area contributed by atoms with Crippen LogP contribution in [-0.4, -0.2) is 5.91 Å². The van der Waals surface area contributed by atoms with Crippen LogP contribution in [0.1, 0.15) is 10.4 Å². The fraction of sp³-hybridized carbons (Fsp3) is 0. The zero-order valence-corrected chi connectivity index (χ0v) is 14.0. The number of nitrogens with one attached hydrogen (secondary N) is 1. The Balaban J connectivity index is 1.80. The fourth-order valence-corrected chi connectivity index (χ4v) is 3.06. The molecule has 4 heteroatoms. The minimum Gasteiger partial charge on any atom is -0.464 e. The maximum atomic E-state index is 12.6. The van der Waals surface area contributed by atoms with Gasteiger partial charge in [0.2, 0.25) is 0 Å². The van der Waals surface area contributed by atoms with E-state index in [0.29, 0.717) is 16.3 Å². The number of carbonyl (C=O) groups excluding carboxylic acids is 1. The van der Waals surface area contributed by atoms with Crippen LogP contribution < -0.4 is 5.32 Å². The molecule has 1 N–H and O–H groups in total. The minimum atomic E-state index is -0.206. The van der Waals surface area contributed by atoms with Crippen LogP contribution in [0.15, 0.2) is 83.5 Å². The Morgan fingerprint density at radius 1 is 0.840 bits per heavy atom. The van der Waals surface area contributed by atoms with Crippen molar-refractivity contribution >= 4 is 34.2 Å². The number of amides is 1. The van der Waals surface area contributed by atoms with Crippen LogP contribution in [0.4, 0.5) is 5.69 Å². The van der Waals surface area contributed by atoms with Crippen molar-refractivity contribution < 1.29 is 9.21 Å². The van der Waals surface area contributed by atoms with Crippen molar-refractivity contribution in [3.8, 4) is 11.1 Å². The lowest BCUT2D eigenvalue weighted by Crippen LogP contribution is -2.12. The number of hydrogen-bond acceptors (Lipinski definition) is 2. The fourth-order valence-electron chi connectivity index (χ4n) is 2.84. The van der Waals surface area contributed by atoms with Gasteiger partial charge in [-0.1, -0.05) is 60.1 Å². The van der Waals surface area contributed by atoms with E-state index in [-0.39, 0.29) is 5.91 Å². The second-order valence-electron chi connectivity index (χ2n) is 5.63. The lowest BCUT2D eigenvalue weighted by molar-refractivity contribution is 0.102. The molecule has 0 aliphatic heterocycles. The second kappa shape index (κ2) is 6.46. The summed E-state index contributed by atoms with van der Waals surface area (Å²) in [6, 6.07) is 22.4. The van der Waals surface area contributed by atoms with Crippen molar-refractivity contribution in [3.05, 3.63) is 89.6 Å². The van der Waals surface area contributed by atoms with Gasteiger partial charge in [-0.2, -0.15) is 0 Å². The molecule has 0 unspecified atom stereocenters. The Labute approximate surface area is 149 Å². The van der Waals surface area contributed by atoms with Gasteiger partial charge in [0.25, 0.3) is 5.91 Å². The van der Waals surface area contributed by atoms with Gasteiger partial charge in [0.15, 0.2) is 0 Å². The summed E-state index contributed by atoms with van der Waals surface area (Å²) in [7, 11) is 0. The highest BCUT2D eigenvalue weighted by Crippen LogP contribution is 2.38. The summed E-state index contributed by atoms with van der Waals surface area (Å²) in [6.07, 6.45) is 1.69. The number of carbonyl (C=O) groups is 1. The summed E-state index contributed by atoms with van der Waals surface area (Å²) in [5.41, 5.74) is 3.65. The van der Waals surface area contributed by atoms with Crippen LogP contribution in [0.5, 0.6) is 0 Å². The minimum absolute atomic E-state index is 0.206. The van der Waals surface area contributed by atoms with E-state index in [9.17, 15) is 4.79 Å². The summed E-state index contributed by atoms with van der Waals surface area (Å²) in [6.45, 7) is 0. The predicted octanol–water partition coefficient (Wildman–Crippen LogP) is 6.01. The van der Waals surface area contributed by atoms with E-state index < -0.39 is 0 Å². The molecule has 4 rings (SSSR count). The lowest BCUT2D eigenvalue weighted by Gasteiger charge is -2.12. The van der Waals surface area contributed by atoms with Gasteiger partial charge in [-0.25, -0.2) is 0 Å². The molecule has 25 heavy (non-hydrogen) atoms. The van der Waals surface area contributed by atoms with Crippen LogP contribution in [0, 0.1) is 0 Å². The van der Waals surface area contributed by atoms with Gasteiger partial charge < -0.3 is 9.73 Å². The Morgan fingerprint density at radius 2 is 1.60 bits per heavy atom. The third-order valence-electron chi connectivity index (χ3n) is 4.06. The number of fused-ring (bicyclic) bond motifs is 1. The van der Waals surface area contributed by atoms with Crippen molar-refractivity contribution in [2.75, 3.05) is 5.32 Å². The molecule has 0 bridgehead atoms. The van der Waals surface area contributed by atoms with E-state index in [1.165, 1.54) is 0 Å². The summed E-state index contributed by atoms with van der Waals surface area (Å²) in [5, 5.41) is 4.39. The quantitative estimate of drug-likeness (QED) is 0.493. The molecule has 1 amide bonds. The number of hydrogen-bond donors (Lipinski definition) is 1. The molecule has 0 fully saturated rings. The second-order valence-corrected chi connectivity index (χ2v) is 6.04. The summed E-state index contributed by atoms with van der Waals surface area (Å²) < 4.78 is 5.63. The van der Waals surface area contributed by atoms with Crippen molar-refractivity contribution in [1.82, 2.24) is 0 Å². The molecule has 0 spiro atoms. The lowest BCUT2D eigenvalue weighted by atomic mass is 10.0. The molecule has 0 saturated heterocycles. The Morgan fingerprint density at radius 3 is 2.44 bits per heavy atom. The molecule has 122 valence electrons. The van der Waals surface area contributed by atoms with Gasteiger partial charge in [0.05, 0.1) is 17.0 Å². The highest BCUT2D eigenvalue weighted by Gasteiger charge is 2.16. The van der Waals surface area contributed by atoms with E-state index in [1.807, 2.05) is 54.6 Å². The number of halogens is 1. The van der Waals surface area contributed by atoms with Crippen molar-refractivity contribution in [2.24, 2.45) is 0 Å². The standard InChI is InChI=1S/C21H14ClNO2/c22-18-11-6-10-16(17-13-25-19-12-5-4-9-15(17)19)20(18)23-21(24)14-7-2-1-3-8-14/h1-13H,(H,23,24). The molecule has 0 aliphatic carbocycles. The van der Waals surface area contributed by atoms with Crippen molar-refractivity contribution in [1.29, 1.82) is 0 Å². The maximum absolute atomic E-state index is 12.6. The first-order valence-electron chi connectivity index (χ1n) is 7.85. The normalized spacial score (nSPS) is 10.8. The first-order chi connectivity index (χ1) is 12.2. The number of anilines is 1. The molecule has 3 aromatic carbocycles. The topological polar surface area (TPSA) is 42.2 Å². The van der Waals surface area contributed by atoms with Gasteiger partial charge in [-0.3, -0.25) is 4.79 Å². The third kappa shape index (κ3) is 2.90. The van der Waals surface area contributed by atoms with Crippen LogP contribution in [0.3, 0.4) is 0 Å². The molecule has 1 heterocycles. The van der Waals surface area contributed by atoms with Gasteiger partial charge in [0.1, 0.15) is 5.58 Å². The number of furan rings is 1. The number of para-hydroxylation sites is 2. The Hall–Kier alpha value is -3.04. The van der Waals surface area contributed by atoms with Crippen molar-refractivity contribution in [3.63, 3.8) is 0 Å². The zero-order chi connectivity index (χ0) is 17.2. The van der Waals surface area contributed by atoms with E-state index in [2.05, 4.69) is 5.32 Å². The maximum Gasteiger partial charge on any atom is 0.255 e. The van der Waals surface area contributed by atoms with E-state index in [4.69, 9.17) is 16.0 Å². The summed E-state index contributed by atoms with van der Waals surface area (Å²) >= 11 is 6.38. The Bertz CT molecular complexity index is 1050. The molecule has 4 aromatic rings. The van der Waals surface area contributed by atoms with E-state index in [1.54, 1.807) is 24.5 Å². The van der Waals surface area contributed by atoms with E-state index in [0.717, 1.165) is 22.1 Å². The first kappa shape index (κ1) is 15.5. The monoisotopic (exact) mass is 347 g/mol. The van der Waals surface area contributed by atoms with Crippen LogP contribution in [0.25, 0.3) is 22.1 Å². The average molecular weight is 348 g/mol. The molecule has 0 radical (unpaired) electrons. The largest absolute Gasteiger partial charge is 0.464 e. The van der Waals surface area contributed by atoms with Gasteiger partial charge in [0, 0.05) is 22.1 Å². The smallest absolute Gasteiger partial charge is 0.255 e. The van der Waals surface area contributed by atoms with Crippen LogP contribution in [0.2, 0.25) is 5.02 Å². The molecule has 0 atom stereocenters. The third-order valence-corrected chi connectivity index (χ3v) is 4.37. The molecular weight excluding hydrogens is 334 g/mol. The number of benzene rings is 3. The zero-order valence-electron chi connectivity index (χ0n) is 13.2. The molecule has 0 aliphatic rings. The number of rotatable bonds is 3. The predicted molar refractivity (Wildman–Crippen MR) is 101 cm³/mol.